The third-order valence-electron chi connectivity index (χ3n) is 4.20. The molecule has 0 fully saturated rings. The molecule has 6 nitrogen and oxygen atoms in total. The van der Waals surface area contributed by atoms with Crippen molar-refractivity contribution in [3.63, 3.8) is 0 Å². The van der Waals surface area contributed by atoms with Gasteiger partial charge in [0.05, 0.1) is 12.2 Å². The standard InChI is InChI=1S/C20H20N6/c1-25-15-18(20(24-25)17-7-10-21-11-8-17)13-22-19-5-3-16(4-6-19)14-26-12-2-9-23-26/h2-12,15,22H,13-14H2,1H3. The molecule has 26 heavy (non-hydrogen) atoms. The summed E-state index contributed by atoms with van der Waals surface area (Å²) in [7, 11) is 1.94. The van der Waals surface area contributed by atoms with Gasteiger partial charge in [0.25, 0.3) is 0 Å². The minimum atomic E-state index is 0.712. The average molecular weight is 344 g/mol. The second-order valence-corrected chi connectivity index (χ2v) is 6.17. The van der Waals surface area contributed by atoms with Gasteiger partial charge in [0.2, 0.25) is 0 Å². The minimum Gasteiger partial charge on any atom is -0.381 e. The maximum atomic E-state index is 4.59. The van der Waals surface area contributed by atoms with Gasteiger partial charge in [0, 0.05) is 61.4 Å². The molecule has 3 aromatic heterocycles. The van der Waals surface area contributed by atoms with Crippen LogP contribution >= 0.6 is 0 Å². The molecule has 0 spiro atoms. The van der Waals surface area contributed by atoms with Crippen LogP contribution in [0.2, 0.25) is 0 Å². The topological polar surface area (TPSA) is 60.6 Å². The quantitative estimate of drug-likeness (QED) is 0.583. The summed E-state index contributed by atoms with van der Waals surface area (Å²) in [5.74, 6) is 0. The molecule has 0 aliphatic heterocycles. The van der Waals surface area contributed by atoms with Crippen molar-refractivity contribution < 1.29 is 0 Å². The Hall–Kier alpha value is -3.41. The normalized spacial score (nSPS) is 10.8. The first-order valence-electron chi connectivity index (χ1n) is 8.51. The number of benzene rings is 1. The average Bonchev–Trinajstić information content (AvgIpc) is 3.31. The maximum Gasteiger partial charge on any atom is 0.0973 e. The SMILES string of the molecule is Cn1cc(CNc2ccc(Cn3cccn3)cc2)c(-c2ccncc2)n1. The Labute approximate surface area is 152 Å². The second kappa shape index (κ2) is 7.23. The molecule has 0 aliphatic rings. The van der Waals surface area contributed by atoms with Crippen molar-refractivity contribution in [2.45, 2.75) is 13.1 Å². The number of aryl methyl sites for hydroxylation is 1. The Bertz CT molecular complexity index is 955. The van der Waals surface area contributed by atoms with Crippen molar-refractivity contribution in [3.8, 4) is 11.3 Å². The summed E-state index contributed by atoms with van der Waals surface area (Å²) in [5, 5.41) is 12.3. The van der Waals surface area contributed by atoms with Gasteiger partial charge in [-0.25, -0.2) is 0 Å². The first-order chi connectivity index (χ1) is 12.8. The van der Waals surface area contributed by atoms with E-state index < -0.39 is 0 Å². The van der Waals surface area contributed by atoms with Crippen LogP contribution < -0.4 is 5.32 Å². The lowest BCUT2D eigenvalue weighted by atomic mass is 10.1. The van der Waals surface area contributed by atoms with Crippen LogP contribution in [-0.2, 0) is 20.1 Å². The smallest absolute Gasteiger partial charge is 0.0973 e. The first kappa shape index (κ1) is 16.1. The predicted octanol–water partition coefficient (Wildman–Crippen LogP) is 3.34. The van der Waals surface area contributed by atoms with Crippen LogP contribution in [0.3, 0.4) is 0 Å². The van der Waals surface area contributed by atoms with Gasteiger partial charge >= 0.3 is 0 Å². The van der Waals surface area contributed by atoms with Crippen LogP contribution in [0.5, 0.6) is 0 Å². The summed E-state index contributed by atoms with van der Waals surface area (Å²) in [5.41, 5.74) is 5.51. The Morgan fingerprint density at radius 1 is 1.00 bits per heavy atom. The van der Waals surface area contributed by atoms with E-state index in [9.17, 15) is 0 Å². The van der Waals surface area contributed by atoms with Gasteiger partial charge in [-0.15, -0.1) is 0 Å². The highest BCUT2D eigenvalue weighted by Crippen LogP contribution is 2.22. The second-order valence-electron chi connectivity index (χ2n) is 6.17. The van der Waals surface area contributed by atoms with Crippen molar-refractivity contribution in [1.82, 2.24) is 24.5 Å². The number of nitrogens with zero attached hydrogens (tertiary/aromatic N) is 5. The molecular weight excluding hydrogens is 324 g/mol. The number of hydrogen-bond donors (Lipinski definition) is 1. The van der Waals surface area contributed by atoms with E-state index in [-0.39, 0.29) is 0 Å². The molecule has 0 unspecified atom stereocenters. The number of hydrogen-bond acceptors (Lipinski definition) is 4. The molecule has 6 heteroatoms. The molecule has 0 amide bonds. The summed E-state index contributed by atoms with van der Waals surface area (Å²) in [6, 6.07) is 14.3. The highest BCUT2D eigenvalue weighted by atomic mass is 15.3. The van der Waals surface area contributed by atoms with Gasteiger partial charge in [-0.1, -0.05) is 12.1 Å². The monoisotopic (exact) mass is 344 g/mol. The van der Waals surface area contributed by atoms with E-state index in [1.54, 1.807) is 18.6 Å². The number of pyridine rings is 1. The van der Waals surface area contributed by atoms with Gasteiger partial charge in [0.1, 0.15) is 0 Å². The summed E-state index contributed by atoms with van der Waals surface area (Å²) >= 11 is 0. The third-order valence-corrected chi connectivity index (χ3v) is 4.20. The van der Waals surface area contributed by atoms with E-state index in [0.29, 0.717) is 6.54 Å². The molecule has 0 saturated heterocycles. The van der Waals surface area contributed by atoms with Crippen LogP contribution in [0.4, 0.5) is 5.69 Å². The number of rotatable bonds is 6. The van der Waals surface area contributed by atoms with Gasteiger partial charge in [-0.2, -0.15) is 10.2 Å². The zero-order chi connectivity index (χ0) is 17.8. The molecule has 1 N–H and O–H groups in total. The van der Waals surface area contributed by atoms with Crippen molar-refractivity contribution in [1.29, 1.82) is 0 Å². The van der Waals surface area contributed by atoms with Crippen LogP contribution in [-0.4, -0.2) is 24.5 Å². The Morgan fingerprint density at radius 2 is 1.81 bits per heavy atom. The van der Waals surface area contributed by atoms with Crippen molar-refractivity contribution in [2.24, 2.45) is 7.05 Å². The molecule has 0 radical (unpaired) electrons. The van der Waals surface area contributed by atoms with Crippen LogP contribution in [0.1, 0.15) is 11.1 Å². The maximum absolute atomic E-state index is 4.59. The highest BCUT2D eigenvalue weighted by Gasteiger charge is 2.09. The summed E-state index contributed by atoms with van der Waals surface area (Å²) in [4.78, 5) is 4.08. The largest absolute Gasteiger partial charge is 0.381 e. The molecule has 3 heterocycles. The third kappa shape index (κ3) is 3.64. The van der Waals surface area contributed by atoms with Crippen molar-refractivity contribution in [3.05, 3.63) is 84.6 Å². The van der Waals surface area contributed by atoms with E-state index in [2.05, 4.69) is 51.0 Å². The molecule has 130 valence electrons. The van der Waals surface area contributed by atoms with Crippen LogP contribution in [0, 0.1) is 0 Å². The van der Waals surface area contributed by atoms with Gasteiger partial charge in [0.15, 0.2) is 0 Å². The van der Waals surface area contributed by atoms with Gasteiger partial charge in [-0.3, -0.25) is 14.3 Å². The van der Waals surface area contributed by atoms with Crippen LogP contribution in [0.15, 0.2) is 73.4 Å². The fraction of sp³-hybridized carbons (Fsp3) is 0.150. The Balaban J connectivity index is 1.44. The Kier molecular flexibility index (Phi) is 4.47. The predicted molar refractivity (Wildman–Crippen MR) is 102 cm³/mol. The van der Waals surface area contributed by atoms with E-state index in [1.165, 1.54) is 5.56 Å². The molecule has 0 bridgehead atoms. The van der Waals surface area contributed by atoms with Crippen molar-refractivity contribution >= 4 is 5.69 Å². The lowest BCUT2D eigenvalue weighted by molar-refractivity contribution is 0.687. The summed E-state index contributed by atoms with van der Waals surface area (Å²) < 4.78 is 3.76. The number of anilines is 1. The van der Waals surface area contributed by atoms with Gasteiger partial charge < -0.3 is 5.32 Å². The summed E-state index contributed by atoms with van der Waals surface area (Å²) in [6.07, 6.45) is 9.40. The van der Waals surface area contributed by atoms with E-state index in [4.69, 9.17) is 0 Å². The van der Waals surface area contributed by atoms with E-state index >= 15 is 0 Å². The number of aromatic nitrogens is 5. The first-order valence-corrected chi connectivity index (χ1v) is 8.51. The fourth-order valence-corrected chi connectivity index (χ4v) is 2.93. The molecule has 1 aromatic carbocycles. The summed E-state index contributed by atoms with van der Waals surface area (Å²) in [6.45, 7) is 1.49. The number of nitrogens with one attached hydrogen (secondary N) is 1. The van der Waals surface area contributed by atoms with Crippen LogP contribution in [0.25, 0.3) is 11.3 Å². The van der Waals surface area contributed by atoms with E-state index in [1.807, 2.05) is 40.8 Å². The molecule has 0 saturated carbocycles. The molecular formula is C20H20N6. The molecule has 0 atom stereocenters. The molecule has 0 aliphatic carbocycles. The highest BCUT2D eigenvalue weighted by molar-refractivity contribution is 5.62. The zero-order valence-electron chi connectivity index (χ0n) is 14.6. The van der Waals surface area contributed by atoms with Crippen molar-refractivity contribution in [2.75, 3.05) is 5.32 Å². The lowest BCUT2D eigenvalue weighted by Crippen LogP contribution is -2.02. The molecule has 4 rings (SSSR count). The molecule has 4 aromatic rings. The Morgan fingerprint density at radius 3 is 2.54 bits per heavy atom. The lowest BCUT2D eigenvalue weighted by Gasteiger charge is -2.08. The van der Waals surface area contributed by atoms with Gasteiger partial charge in [-0.05, 0) is 35.9 Å². The fourth-order valence-electron chi connectivity index (χ4n) is 2.93. The van der Waals surface area contributed by atoms with E-state index in [0.717, 1.165) is 29.1 Å². The zero-order valence-corrected chi connectivity index (χ0v) is 14.6. The minimum absolute atomic E-state index is 0.712.